The van der Waals surface area contributed by atoms with Crippen molar-refractivity contribution >= 4 is 11.9 Å². The van der Waals surface area contributed by atoms with Crippen LogP contribution in [0.15, 0.2) is 36.4 Å². The van der Waals surface area contributed by atoms with Gasteiger partial charge in [0.1, 0.15) is 12.0 Å². The van der Waals surface area contributed by atoms with Crippen LogP contribution in [0.25, 0.3) is 0 Å². The van der Waals surface area contributed by atoms with Crippen LogP contribution in [-0.2, 0) is 28.9 Å². The number of rotatable bonds is 6. The molecule has 5 atom stereocenters. The number of aryl methyl sites for hydroxylation is 1. The van der Waals surface area contributed by atoms with Crippen molar-refractivity contribution in [3.63, 3.8) is 0 Å². The molecule has 11 heteroatoms. The molecule has 1 amide bonds. The minimum Gasteiger partial charge on any atom is -0.504 e. The number of amides is 1. The third-order valence-corrected chi connectivity index (χ3v) is 10.0. The number of aliphatic hydroxyl groups excluding tert-OH is 1. The van der Waals surface area contributed by atoms with Gasteiger partial charge in [-0.1, -0.05) is 36.4 Å². The summed E-state index contributed by atoms with van der Waals surface area (Å²) in [5.74, 6) is 1.29. The number of hydrogen-bond donors (Lipinski definition) is 3. The molecular formula is C35H39N3O8. The zero-order chi connectivity index (χ0) is 32.4. The van der Waals surface area contributed by atoms with E-state index in [9.17, 15) is 19.8 Å². The van der Waals surface area contributed by atoms with Gasteiger partial charge >= 0.3 is 5.97 Å². The Labute approximate surface area is 267 Å². The maximum absolute atomic E-state index is 13.3. The van der Waals surface area contributed by atoms with E-state index in [1.807, 2.05) is 62.2 Å². The van der Waals surface area contributed by atoms with Gasteiger partial charge in [-0.15, -0.1) is 0 Å². The number of benzene rings is 3. The molecule has 1 saturated heterocycles. The molecule has 11 nitrogen and oxygen atoms in total. The number of aliphatic hydroxyl groups is 1. The summed E-state index contributed by atoms with van der Waals surface area (Å²) in [7, 11) is 3.51. The summed E-state index contributed by atoms with van der Waals surface area (Å²) in [6, 6.07) is 9.95. The van der Waals surface area contributed by atoms with Crippen molar-refractivity contribution in [2.45, 2.75) is 70.4 Å². The Balaban J connectivity index is 1.38. The number of esters is 1. The minimum atomic E-state index is -0.926. The second-order valence-corrected chi connectivity index (χ2v) is 12.6. The molecule has 46 heavy (non-hydrogen) atoms. The highest BCUT2D eigenvalue weighted by molar-refractivity contribution is 5.79. The SMILES string of the molecule is COc1c(C)cc2c(c1O)C1C3Cc4c(OC(C)=O)c(C)c5c(c4[C@H](CNC(=O)Cc4ccccc4)N3[C@@H](O)C(C2)N1C)OCO5. The molecule has 0 aromatic heterocycles. The van der Waals surface area contributed by atoms with E-state index in [4.69, 9.17) is 18.9 Å². The lowest BCUT2D eigenvalue weighted by Gasteiger charge is -2.60. The zero-order valence-electron chi connectivity index (χ0n) is 26.6. The number of phenolic OH excluding ortho intramolecular Hbond substituents is 1. The van der Waals surface area contributed by atoms with Gasteiger partial charge < -0.3 is 34.5 Å². The first kappa shape index (κ1) is 30.3. The number of ether oxygens (including phenoxy) is 4. The Morgan fingerprint density at radius 3 is 2.50 bits per heavy atom. The molecule has 0 aliphatic carbocycles. The van der Waals surface area contributed by atoms with Crippen LogP contribution < -0.4 is 24.3 Å². The first-order valence-corrected chi connectivity index (χ1v) is 15.6. The third-order valence-electron chi connectivity index (χ3n) is 10.0. The average molecular weight is 630 g/mol. The van der Waals surface area contributed by atoms with Gasteiger partial charge in [0.15, 0.2) is 23.0 Å². The molecule has 3 N–H and O–H groups in total. The van der Waals surface area contributed by atoms with E-state index in [0.717, 1.165) is 33.4 Å². The van der Waals surface area contributed by atoms with Crippen LogP contribution in [0, 0.1) is 13.8 Å². The van der Waals surface area contributed by atoms with Crippen LogP contribution in [0.2, 0.25) is 0 Å². The number of phenols is 1. The van der Waals surface area contributed by atoms with E-state index in [0.29, 0.717) is 41.4 Å². The smallest absolute Gasteiger partial charge is 0.308 e. The third kappa shape index (κ3) is 4.68. The molecule has 0 radical (unpaired) electrons. The quantitative estimate of drug-likeness (QED) is 0.276. The first-order valence-electron chi connectivity index (χ1n) is 15.6. The van der Waals surface area contributed by atoms with E-state index in [1.54, 1.807) is 7.11 Å². The summed E-state index contributed by atoms with van der Waals surface area (Å²) in [6.45, 7) is 5.25. The van der Waals surface area contributed by atoms with Gasteiger partial charge in [-0.05, 0) is 50.4 Å². The van der Waals surface area contributed by atoms with Crippen molar-refractivity contribution in [3.05, 3.63) is 75.3 Å². The lowest BCUT2D eigenvalue weighted by molar-refractivity contribution is -0.172. The maximum atomic E-state index is 13.3. The predicted molar refractivity (Wildman–Crippen MR) is 167 cm³/mol. The molecule has 1 fully saturated rings. The van der Waals surface area contributed by atoms with Gasteiger partial charge in [0, 0.05) is 41.8 Å². The van der Waals surface area contributed by atoms with Crippen LogP contribution in [-0.4, -0.2) is 77.7 Å². The van der Waals surface area contributed by atoms with Crippen LogP contribution in [0.1, 0.15) is 58.0 Å². The van der Waals surface area contributed by atoms with Crippen LogP contribution in [0.3, 0.4) is 0 Å². The average Bonchev–Trinajstić information content (AvgIpc) is 3.51. The van der Waals surface area contributed by atoms with Gasteiger partial charge in [-0.2, -0.15) is 0 Å². The number of nitrogens with one attached hydrogen (secondary N) is 1. The minimum absolute atomic E-state index is 0.000409. The van der Waals surface area contributed by atoms with E-state index in [2.05, 4.69) is 10.2 Å². The van der Waals surface area contributed by atoms with E-state index < -0.39 is 18.2 Å². The number of carbonyl (C=O) groups excluding carboxylic acids is 2. The highest BCUT2D eigenvalue weighted by Crippen LogP contribution is 2.58. The molecule has 4 aliphatic heterocycles. The van der Waals surface area contributed by atoms with Crippen LogP contribution >= 0.6 is 0 Å². The lowest BCUT2D eigenvalue weighted by atomic mass is 9.73. The number of nitrogens with zero attached hydrogens (tertiary/aromatic N) is 2. The normalized spacial score (nSPS) is 24.4. The van der Waals surface area contributed by atoms with E-state index in [1.165, 1.54) is 6.92 Å². The Hall–Kier alpha value is -4.32. The Morgan fingerprint density at radius 2 is 1.78 bits per heavy atom. The van der Waals surface area contributed by atoms with Crippen molar-refractivity contribution < 1.29 is 38.7 Å². The number of aromatic hydroxyl groups is 1. The molecule has 0 spiro atoms. The number of carbonyl (C=O) groups is 2. The molecule has 3 unspecified atom stereocenters. The lowest BCUT2D eigenvalue weighted by Crippen LogP contribution is -2.69. The molecular weight excluding hydrogens is 590 g/mol. The van der Waals surface area contributed by atoms with Crippen molar-refractivity contribution in [3.8, 4) is 28.7 Å². The summed E-state index contributed by atoms with van der Waals surface area (Å²) in [5, 5.41) is 26.9. The fourth-order valence-electron chi connectivity index (χ4n) is 8.17. The number of fused-ring (bicyclic) bond motifs is 9. The summed E-state index contributed by atoms with van der Waals surface area (Å²) < 4.78 is 23.5. The second-order valence-electron chi connectivity index (χ2n) is 12.6. The molecule has 2 bridgehead atoms. The Bertz CT molecular complexity index is 1730. The number of piperazine rings is 1. The van der Waals surface area contributed by atoms with Gasteiger partial charge in [-0.25, -0.2) is 0 Å². The summed E-state index contributed by atoms with van der Waals surface area (Å²) in [4.78, 5) is 29.9. The monoisotopic (exact) mass is 629 g/mol. The van der Waals surface area contributed by atoms with Crippen molar-refractivity contribution in [2.24, 2.45) is 0 Å². The highest BCUT2D eigenvalue weighted by Gasteiger charge is 2.56. The fourth-order valence-corrected chi connectivity index (χ4v) is 8.17. The number of methoxy groups -OCH3 is 1. The van der Waals surface area contributed by atoms with Crippen LogP contribution in [0.5, 0.6) is 28.7 Å². The Morgan fingerprint density at radius 1 is 1.04 bits per heavy atom. The molecule has 242 valence electrons. The van der Waals surface area contributed by atoms with E-state index in [-0.39, 0.29) is 49.5 Å². The van der Waals surface area contributed by atoms with Crippen LogP contribution in [0.4, 0.5) is 0 Å². The van der Waals surface area contributed by atoms with Crippen molar-refractivity contribution in [1.29, 1.82) is 0 Å². The summed E-state index contributed by atoms with van der Waals surface area (Å²) >= 11 is 0. The predicted octanol–water partition coefficient (Wildman–Crippen LogP) is 3.23. The fraction of sp³-hybridized carbons (Fsp3) is 0.429. The molecule has 4 aliphatic rings. The van der Waals surface area contributed by atoms with Crippen molar-refractivity contribution in [2.75, 3.05) is 27.5 Å². The largest absolute Gasteiger partial charge is 0.504 e. The molecule has 4 heterocycles. The standard InChI is InChI=1S/C35H39N3O8/c1-17-11-21-13-24-35(42)38-23(29(37(24)4)27(21)30(41)31(17)43-5)14-22-28(25(38)15-36-26(40)12-20-9-7-6-8-10-20)34-33(44-16-45-34)18(2)32(22)46-19(3)39/h6-11,23-25,29,35,41-42H,12-16H2,1-5H3,(H,36,40)/t23?,24?,25-,29?,35-/m0/s1. The second kappa shape index (κ2) is 11.5. The van der Waals surface area contributed by atoms with Gasteiger partial charge in [0.2, 0.25) is 12.7 Å². The molecule has 7 rings (SSSR count). The van der Waals surface area contributed by atoms with Gasteiger partial charge in [0.25, 0.3) is 0 Å². The van der Waals surface area contributed by atoms with Gasteiger partial charge in [-0.3, -0.25) is 19.4 Å². The number of likely N-dealkylation sites (N-methyl/N-ethyl adjacent to an activating group) is 1. The molecule has 0 saturated carbocycles. The highest BCUT2D eigenvalue weighted by atomic mass is 16.7. The summed E-state index contributed by atoms with van der Waals surface area (Å²) in [5.41, 5.74) is 5.55. The molecule has 3 aromatic rings. The first-order chi connectivity index (χ1) is 22.1. The maximum Gasteiger partial charge on any atom is 0.308 e. The molecule has 3 aromatic carbocycles. The Kier molecular flexibility index (Phi) is 7.57. The van der Waals surface area contributed by atoms with Gasteiger partial charge in [0.05, 0.1) is 31.7 Å². The summed E-state index contributed by atoms with van der Waals surface area (Å²) in [6.07, 6.45) is 0.155. The van der Waals surface area contributed by atoms with E-state index >= 15 is 0 Å². The zero-order valence-corrected chi connectivity index (χ0v) is 26.6. The van der Waals surface area contributed by atoms with Crippen molar-refractivity contribution in [1.82, 2.24) is 15.1 Å². The topological polar surface area (TPSA) is 130 Å². The number of hydrogen-bond acceptors (Lipinski definition) is 10.